The van der Waals surface area contributed by atoms with Crippen LogP contribution in [0.2, 0.25) is 0 Å². The summed E-state index contributed by atoms with van der Waals surface area (Å²) in [6.45, 7) is 10.3. The molecule has 20 heavy (non-hydrogen) atoms. The number of nitrogens with zero attached hydrogens (tertiary/aromatic N) is 2. The van der Waals surface area contributed by atoms with Crippen molar-refractivity contribution in [1.82, 2.24) is 9.80 Å². The zero-order valence-corrected chi connectivity index (χ0v) is 13.7. The predicted molar refractivity (Wildman–Crippen MR) is 86.0 cm³/mol. The van der Waals surface area contributed by atoms with E-state index in [-0.39, 0.29) is 0 Å². The Hall–Kier alpha value is -0.0800. The van der Waals surface area contributed by atoms with Crippen LogP contribution in [0.5, 0.6) is 0 Å². The fourth-order valence-corrected chi connectivity index (χ4v) is 4.74. The predicted octanol–water partition coefficient (Wildman–Crippen LogP) is 3.76. The van der Waals surface area contributed by atoms with Crippen molar-refractivity contribution in [3.8, 4) is 0 Å². The molecule has 2 atom stereocenters. The molecule has 0 aromatic heterocycles. The Labute approximate surface area is 125 Å². The molecule has 0 unspecified atom stereocenters. The smallest absolute Gasteiger partial charge is 0.0120 e. The number of hydrogen-bond acceptors (Lipinski definition) is 2. The third-order valence-corrected chi connectivity index (χ3v) is 6.26. The van der Waals surface area contributed by atoms with Crippen LogP contribution in [-0.4, -0.2) is 48.1 Å². The van der Waals surface area contributed by atoms with Crippen LogP contribution >= 0.6 is 0 Å². The Morgan fingerprint density at radius 1 is 0.600 bits per heavy atom. The summed E-state index contributed by atoms with van der Waals surface area (Å²) in [7, 11) is 0. The van der Waals surface area contributed by atoms with Crippen LogP contribution in [0.15, 0.2) is 0 Å². The van der Waals surface area contributed by atoms with Gasteiger partial charge in [-0.15, -0.1) is 0 Å². The van der Waals surface area contributed by atoms with Gasteiger partial charge in [-0.2, -0.15) is 0 Å². The molecule has 2 heterocycles. The molecule has 0 amide bonds. The van der Waals surface area contributed by atoms with E-state index in [1.807, 2.05) is 0 Å². The lowest BCUT2D eigenvalue weighted by molar-refractivity contribution is 0.0487. The van der Waals surface area contributed by atoms with Gasteiger partial charge in [-0.25, -0.2) is 0 Å². The normalized spacial score (nSPS) is 36.3. The van der Waals surface area contributed by atoms with Crippen molar-refractivity contribution in [2.45, 2.75) is 77.3 Å². The molecule has 1 aliphatic carbocycles. The average molecular weight is 278 g/mol. The Morgan fingerprint density at radius 3 is 1.85 bits per heavy atom. The molecule has 0 N–H and O–H groups in total. The third-order valence-electron chi connectivity index (χ3n) is 6.26. The van der Waals surface area contributed by atoms with Gasteiger partial charge in [0.1, 0.15) is 0 Å². The van der Waals surface area contributed by atoms with Crippen LogP contribution in [-0.2, 0) is 0 Å². The molecule has 3 aliphatic rings. The van der Waals surface area contributed by atoms with Gasteiger partial charge in [0.2, 0.25) is 0 Å². The fourth-order valence-electron chi connectivity index (χ4n) is 4.74. The van der Waals surface area contributed by atoms with Crippen molar-refractivity contribution in [2.24, 2.45) is 11.8 Å². The second-order valence-corrected chi connectivity index (χ2v) is 7.91. The molecule has 0 bridgehead atoms. The van der Waals surface area contributed by atoms with Crippen molar-refractivity contribution < 1.29 is 0 Å². The molecule has 2 nitrogen and oxygen atoms in total. The van der Waals surface area contributed by atoms with Crippen molar-refractivity contribution in [1.29, 1.82) is 0 Å². The zero-order valence-electron chi connectivity index (χ0n) is 13.7. The van der Waals surface area contributed by atoms with E-state index in [1.54, 1.807) is 0 Å². The molecule has 2 aliphatic heterocycles. The van der Waals surface area contributed by atoms with Crippen LogP contribution < -0.4 is 0 Å². The summed E-state index contributed by atoms with van der Waals surface area (Å²) < 4.78 is 0. The lowest BCUT2D eigenvalue weighted by Gasteiger charge is -2.44. The molecular formula is C18H34N2. The van der Waals surface area contributed by atoms with E-state index in [2.05, 4.69) is 23.6 Å². The minimum absolute atomic E-state index is 0.903. The maximum atomic E-state index is 2.83. The summed E-state index contributed by atoms with van der Waals surface area (Å²) in [5.41, 5.74) is 0. The van der Waals surface area contributed by atoms with Crippen LogP contribution in [0.4, 0.5) is 0 Å². The SMILES string of the molecule is CC1CCN(C2CCN([C@@H]3CCC[C@@H](C)C3)CC2)CC1. The molecule has 0 spiro atoms. The number of piperidine rings is 2. The van der Waals surface area contributed by atoms with E-state index in [1.165, 1.54) is 77.5 Å². The lowest BCUT2D eigenvalue weighted by Crippen LogP contribution is -2.50. The van der Waals surface area contributed by atoms with E-state index in [0.717, 1.165) is 23.9 Å². The lowest BCUT2D eigenvalue weighted by atomic mass is 9.85. The summed E-state index contributed by atoms with van der Waals surface area (Å²) in [6.07, 6.45) is 11.6. The van der Waals surface area contributed by atoms with Gasteiger partial charge in [0.15, 0.2) is 0 Å². The van der Waals surface area contributed by atoms with Crippen LogP contribution in [0.3, 0.4) is 0 Å². The molecule has 3 fully saturated rings. The Balaban J connectivity index is 1.44. The topological polar surface area (TPSA) is 6.48 Å². The highest BCUT2D eigenvalue weighted by atomic mass is 15.2. The van der Waals surface area contributed by atoms with Crippen LogP contribution in [0.25, 0.3) is 0 Å². The van der Waals surface area contributed by atoms with Crippen molar-refractivity contribution in [3.05, 3.63) is 0 Å². The molecule has 0 aromatic carbocycles. The fraction of sp³-hybridized carbons (Fsp3) is 1.00. The van der Waals surface area contributed by atoms with E-state index in [9.17, 15) is 0 Å². The van der Waals surface area contributed by atoms with Crippen LogP contribution in [0, 0.1) is 11.8 Å². The molecule has 3 rings (SSSR count). The highest BCUT2D eigenvalue weighted by Crippen LogP contribution is 2.30. The summed E-state index contributed by atoms with van der Waals surface area (Å²) in [4.78, 5) is 5.64. The molecule has 116 valence electrons. The van der Waals surface area contributed by atoms with Gasteiger partial charge in [-0.3, -0.25) is 0 Å². The minimum Gasteiger partial charge on any atom is -0.300 e. The molecular weight excluding hydrogens is 244 g/mol. The first-order valence-electron chi connectivity index (χ1n) is 9.20. The van der Waals surface area contributed by atoms with E-state index in [0.29, 0.717) is 0 Å². The summed E-state index contributed by atoms with van der Waals surface area (Å²) in [5.74, 6) is 1.94. The first kappa shape index (κ1) is 14.8. The summed E-state index contributed by atoms with van der Waals surface area (Å²) in [5, 5.41) is 0. The van der Waals surface area contributed by atoms with Gasteiger partial charge in [0.05, 0.1) is 0 Å². The highest BCUT2D eigenvalue weighted by molar-refractivity contribution is 4.87. The second kappa shape index (κ2) is 6.79. The highest BCUT2D eigenvalue weighted by Gasteiger charge is 2.31. The standard InChI is InChI=1S/C18H34N2/c1-15-6-10-19(11-7-15)17-8-12-20(13-9-17)18-5-3-4-16(2)14-18/h15-18H,3-14H2,1-2H3/t16-,18-/m1/s1. The first-order valence-corrected chi connectivity index (χ1v) is 9.20. The number of rotatable bonds is 2. The Kier molecular flexibility index (Phi) is 5.04. The summed E-state index contributed by atoms with van der Waals surface area (Å²) in [6, 6.07) is 1.82. The van der Waals surface area contributed by atoms with E-state index in [4.69, 9.17) is 0 Å². The second-order valence-electron chi connectivity index (χ2n) is 7.91. The van der Waals surface area contributed by atoms with Crippen LogP contribution in [0.1, 0.15) is 65.2 Å². The van der Waals surface area contributed by atoms with Gasteiger partial charge >= 0.3 is 0 Å². The molecule has 0 radical (unpaired) electrons. The number of hydrogen-bond donors (Lipinski definition) is 0. The molecule has 2 saturated heterocycles. The van der Waals surface area contributed by atoms with E-state index >= 15 is 0 Å². The van der Waals surface area contributed by atoms with Gasteiger partial charge in [0.25, 0.3) is 0 Å². The Morgan fingerprint density at radius 2 is 1.20 bits per heavy atom. The summed E-state index contributed by atoms with van der Waals surface area (Å²) >= 11 is 0. The first-order chi connectivity index (χ1) is 9.72. The van der Waals surface area contributed by atoms with Gasteiger partial charge in [-0.05, 0) is 76.5 Å². The largest absolute Gasteiger partial charge is 0.300 e. The average Bonchev–Trinajstić information content (AvgIpc) is 2.48. The molecule has 2 heteroatoms. The maximum Gasteiger partial charge on any atom is 0.0120 e. The van der Waals surface area contributed by atoms with Crippen molar-refractivity contribution in [3.63, 3.8) is 0 Å². The zero-order chi connectivity index (χ0) is 13.9. The molecule has 0 aromatic rings. The van der Waals surface area contributed by atoms with Gasteiger partial charge < -0.3 is 9.80 Å². The third kappa shape index (κ3) is 3.57. The quantitative estimate of drug-likeness (QED) is 0.759. The van der Waals surface area contributed by atoms with Crippen molar-refractivity contribution in [2.75, 3.05) is 26.2 Å². The number of likely N-dealkylation sites (tertiary alicyclic amines) is 2. The van der Waals surface area contributed by atoms with E-state index < -0.39 is 0 Å². The van der Waals surface area contributed by atoms with Gasteiger partial charge in [-0.1, -0.05) is 26.7 Å². The Bertz CT molecular complexity index is 288. The minimum atomic E-state index is 0.903. The maximum absolute atomic E-state index is 2.83. The molecule has 1 saturated carbocycles. The van der Waals surface area contributed by atoms with Crippen molar-refractivity contribution >= 4 is 0 Å². The monoisotopic (exact) mass is 278 g/mol. The van der Waals surface area contributed by atoms with Gasteiger partial charge in [0, 0.05) is 12.1 Å².